The number of halogens is 1. The fourth-order valence-electron chi connectivity index (χ4n) is 2.99. The van der Waals surface area contributed by atoms with Crippen molar-refractivity contribution in [1.82, 2.24) is 4.90 Å². The van der Waals surface area contributed by atoms with E-state index >= 15 is 0 Å². The maximum Gasteiger partial charge on any atom is 0.126 e. The van der Waals surface area contributed by atoms with Crippen molar-refractivity contribution in [2.75, 3.05) is 13.1 Å². The molecule has 1 saturated heterocycles. The maximum atomic E-state index is 13.7. The van der Waals surface area contributed by atoms with Gasteiger partial charge in [0.2, 0.25) is 0 Å². The lowest BCUT2D eigenvalue weighted by atomic mass is 10.0. The first kappa shape index (κ1) is 13.5. The molecule has 0 aromatic heterocycles. The zero-order valence-electron chi connectivity index (χ0n) is 11.3. The van der Waals surface area contributed by atoms with Gasteiger partial charge in [-0.3, -0.25) is 4.90 Å². The molecule has 1 aliphatic rings. The molecule has 100 valence electrons. The van der Waals surface area contributed by atoms with Crippen molar-refractivity contribution in [1.29, 1.82) is 0 Å². The number of likely N-dealkylation sites (tertiary alicyclic amines) is 1. The van der Waals surface area contributed by atoms with Crippen molar-refractivity contribution in [3.05, 3.63) is 35.1 Å². The van der Waals surface area contributed by atoms with E-state index < -0.39 is 0 Å². The minimum Gasteiger partial charge on any atom is -0.329 e. The van der Waals surface area contributed by atoms with Crippen molar-refractivity contribution in [3.8, 4) is 0 Å². The van der Waals surface area contributed by atoms with Crippen LogP contribution in [0.3, 0.4) is 0 Å². The van der Waals surface area contributed by atoms with Gasteiger partial charge in [-0.1, -0.05) is 19.1 Å². The van der Waals surface area contributed by atoms with Crippen LogP contribution in [0.25, 0.3) is 0 Å². The van der Waals surface area contributed by atoms with Crippen LogP contribution >= 0.6 is 0 Å². The molecule has 0 saturated carbocycles. The van der Waals surface area contributed by atoms with Crippen LogP contribution in [0.2, 0.25) is 0 Å². The second-order valence-corrected chi connectivity index (χ2v) is 5.20. The second-order valence-electron chi connectivity index (χ2n) is 5.20. The summed E-state index contributed by atoms with van der Waals surface area (Å²) in [7, 11) is 0. The molecule has 1 aromatic rings. The fourth-order valence-corrected chi connectivity index (χ4v) is 2.99. The lowest BCUT2D eigenvalue weighted by molar-refractivity contribution is 0.180. The Labute approximate surface area is 109 Å². The van der Waals surface area contributed by atoms with Crippen LogP contribution in [-0.2, 0) is 0 Å². The Kier molecular flexibility index (Phi) is 4.36. The molecular formula is C15H23FN2. The zero-order valence-corrected chi connectivity index (χ0v) is 11.3. The van der Waals surface area contributed by atoms with Crippen molar-refractivity contribution in [3.63, 3.8) is 0 Å². The maximum absolute atomic E-state index is 13.7. The SMILES string of the molecule is CCC1CCCN1C(CN)c1ccc(C)c(F)c1. The number of nitrogens with two attached hydrogens (primary N) is 1. The van der Waals surface area contributed by atoms with E-state index in [-0.39, 0.29) is 11.9 Å². The summed E-state index contributed by atoms with van der Waals surface area (Å²) in [6, 6.07) is 6.28. The average molecular weight is 250 g/mol. The summed E-state index contributed by atoms with van der Waals surface area (Å²) >= 11 is 0. The summed E-state index contributed by atoms with van der Waals surface area (Å²) < 4.78 is 13.7. The van der Waals surface area contributed by atoms with Crippen LogP contribution in [-0.4, -0.2) is 24.0 Å². The molecule has 0 bridgehead atoms. The van der Waals surface area contributed by atoms with Gasteiger partial charge in [-0.15, -0.1) is 0 Å². The van der Waals surface area contributed by atoms with Gasteiger partial charge in [0.15, 0.2) is 0 Å². The largest absolute Gasteiger partial charge is 0.329 e. The van der Waals surface area contributed by atoms with Crippen molar-refractivity contribution in [2.24, 2.45) is 5.73 Å². The Morgan fingerprint density at radius 3 is 2.89 bits per heavy atom. The van der Waals surface area contributed by atoms with Crippen LogP contribution in [0.15, 0.2) is 18.2 Å². The highest BCUT2D eigenvalue weighted by molar-refractivity contribution is 5.26. The molecule has 2 N–H and O–H groups in total. The summed E-state index contributed by atoms with van der Waals surface area (Å²) in [4.78, 5) is 2.45. The topological polar surface area (TPSA) is 29.3 Å². The molecule has 0 spiro atoms. The first-order chi connectivity index (χ1) is 8.67. The molecule has 2 nitrogen and oxygen atoms in total. The Bertz CT molecular complexity index is 405. The van der Waals surface area contributed by atoms with Gasteiger partial charge in [0.1, 0.15) is 5.82 Å². The predicted octanol–water partition coefficient (Wildman–Crippen LogP) is 3.01. The molecule has 2 atom stereocenters. The molecule has 1 fully saturated rings. The Balaban J connectivity index is 2.24. The highest BCUT2D eigenvalue weighted by Crippen LogP contribution is 2.30. The third-order valence-electron chi connectivity index (χ3n) is 4.10. The molecule has 1 aromatic carbocycles. The third-order valence-corrected chi connectivity index (χ3v) is 4.10. The summed E-state index contributed by atoms with van der Waals surface area (Å²) in [5.41, 5.74) is 7.64. The summed E-state index contributed by atoms with van der Waals surface area (Å²) in [6.45, 7) is 5.64. The van der Waals surface area contributed by atoms with E-state index in [1.807, 2.05) is 12.1 Å². The fraction of sp³-hybridized carbons (Fsp3) is 0.600. The van der Waals surface area contributed by atoms with Gasteiger partial charge in [0.25, 0.3) is 0 Å². The molecule has 1 aliphatic heterocycles. The van der Waals surface area contributed by atoms with E-state index in [1.54, 1.807) is 13.0 Å². The first-order valence-electron chi connectivity index (χ1n) is 6.89. The summed E-state index contributed by atoms with van der Waals surface area (Å²) in [6.07, 6.45) is 3.61. The first-order valence-corrected chi connectivity index (χ1v) is 6.89. The number of benzene rings is 1. The minimum absolute atomic E-state index is 0.127. The van der Waals surface area contributed by atoms with Crippen molar-refractivity contribution >= 4 is 0 Å². The third kappa shape index (κ3) is 2.57. The van der Waals surface area contributed by atoms with Crippen LogP contribution < -0.4 is 5.73 Å². The molecule has 2 unspecified atom stereocenters. The number of aryl methyl sites for hydroxylation is 1. The highest BCUT2D eigenvalue weighted by Gasteiger charge is 2.29. The van der Waals surface area contributed by atoms with Gasteiger partial charge in [-0.05, 0) is 49.9 Å². The Morgan fingerprint density at radius 2 is 2.28 bits per heavy atom. The van der Waals surface area contributed by atoms with E-state index in [1.165, 1.54) is 12.8 Å². The van der Waals surface area contributed by atoms with Gasteiger partial charge < -0.3 is 5.73 Å². The van der Waals surface area contributed by atoms with Gasteiger partial charge in [0, 0.05) is 18.6 Å². The van der Waals surface area contributed by atoms with E-state index in [0.717, 1.165) is 18.5 Å². The lowest BCUT2D eigenvalue weighted by Gasteiger charge is -2.32. The predicted molar refractivity (Wildman–Crippen MR) is 73.0 cm³/mol. The standard InChI is InChI=1S/C15H23FN2/c1-3-13-5-4-8-18(13)15(10-17)12-7-6-11(2)14(16)9-12/h6-7,9,13,15H,3-5,8,10,17H2,1-2H3. The second kappa shape index (κ2) is 5.81. The quantitative estimate of drug-likeness (QED) is 0.890. The van der Waals surface area contributed by atoms with Gasteiger partial charge in [-0.25, -0.2) is 4.39 Å². The van der Waals surface area contributed by atoms with Gasteiger partial charge in [0.05, 0.1) is 0 Å². The number of nitrogens with zero attached hydrogens (tertiary/aromatic N) is 1. The van der Waals surface area contributed by atoms with Gasteiger partial charge in [-0.2, -0.15) is 0 Å². The molecule has 0 aliphatic carbocycles. The van der Waals surface area contributed by atoms with E-state index in [0.29, 0.717) is 18.2 Å². The van der Waals surface area contributed by atoms with E-state index in [4.69, 9.17) is 5.73 Å². The molecule has 18 heavy (non-hydrogen) atoms. The van der Waals surface area contributed by atoms with E-state index in [2.05, 4.69) is 11.8 Å². The Hall–Kier alpha value is -0.930. The highest BCUT2D eigenvalue weighted by atomic mass is 19.1. The molecule has 0 radical (unpaired) electrons. The number of hydrogen-bond donors (Lipinski definition) is 1. The Morgan fingerprint density at radius 1 is 1.50 bits per heavy atom. The molecule has 2 rings (SSSR count). The van der Waals surface area contributed by atoms with Gasteiger partial charge >= 0.3 is 0 Å². The zero-order chi connectivity index (χ0) is 13.1. The smallest absolute Gasteiger partial charge is 0.126 e. The lowest BCUT2D eigenvalue weighted by Crippen LogP contribution is -2.37. The van der Waals surface area contributed by atoms with Crippen LogP contribution in [0.1, 0.15) is 43.4 Å². The molecule has 1 heterocycles. The van der Waals surface area contributed by atoms with Crippen molar-refractivity contribution in [2.45, 2.75) is 45.2 Å². The number of rotatable bonds is 4. The van der Waals surface area contributed by atoms with Crippen LogP contribution in [0, 0.1) is 12.7 Å². The monoisotopic (exact) mass is 250 g/mol. The molecule has 3 heteroatoms. The molecular weight excluding hydrogens is 227 g/mol. The van der Waals surface area contributed by atoms with Crippen molar-refractivity contribution < 1.29 is 4.39 Å². The summed E-state index contributed by atoms with van der Waals surface area (Å²) in [5.74, 6) is -0.127. The van der Waals surface area contributed by atoms with Crippen LogP contribution in [0.5, 0.6) is 0 Å². The number of hydrogen-bond acceptors (Lipinski definition) is 2. The normalized spacial score (nSPS) is 22.3. The van der Waals surface area contributed by atoms with Crippen LogP contribution in [0.4, 0.5) is 4.39 Å². The summed E-state index contributed by atoms with van der Waals surface area (Å²) in [5, 5.41) is 0. The van der Waals surface area contributed by atoms with E-state index in [9.17, 15) is 4.39 Å². The average Bonchev–Trinajstić information content (AvgIpc) is 2.83. The molecule has 0 amide bonds. The minimum atomic E-state index is -0.127.